The molecule has 0 radical (unpaired) electrons. The van der Waals surface area contributed by atoms with E-state index in [0.29, 0.717) is 5.92 Å². The van der Waals surface area contributed by atoms with Crippen LogP contribution in [0.3, 0.4) is 0 Å². The lowest BCUT2D eigenvalue weighted by Crippen LogP contribution is -2.45. The average molecular weight is 221 g/mol. The van der Waals surface area contributed by atoms with Crippen LogP contribution in [0.15, 0.2) is 18.2 Å². The third kappa shape index (κ3) is 1.86. The highest BCUT2D eigenvalue weighted by Gasteiger charge is 2.36. The van der Waals surface area contributed by atoms with E-state index in [2.05, 4.69) is 6.92 Å². The largest absolute Gasteiger partial charge is 0.321 e. The van der Waals surface area contributed by atoms with Gasteiger partial charge in [-0.1, -0.05) is 25.8 Å². The molecule has 2 rings (SSSR count). The van der Waals surface area contributed by atoms with Crippen LogP contribution in [0.2, 0.25) is 0 Å². The summed E-state index contributed by atoms with van der Waals surface area (Å²) in [4.78, 5) is 0. The molecule has 88 valence electrons. The first-order valence-electron chi connectivity index (χ1n) is 6.09. The van der Waals surface area contributed by atoms with Crippen molar-refractivity contribution in [1.29, 1.82) is 0 Å². The molecular formula is C14H20FN. The number of rotatable bonds is 1. The van der Waals surface area contributed by atoms with Crippen molar-refractivity contribution in [2.45, 2.75) is 45.1 Å². The molecule has 0 amide bonds. The fourth-order valence-corrected chi connectivity index (χ4v) is 2.87. The van der Waals surface area contributed by atoms with Crippen LogP contribution in [0.5, 0.6) is 0 Å². The Morgan fingerprint density at radius 2 is 2.12 bits per heavy atom. The number of benzene rings is 1. The normalized spacial score (nSPS) is 30.4. The Balaban J connectivity index is 2.44. The van der Waals surface area contributed by atoms with Crippen LogP contribution in [0, 0.1) is 18.7 Å². The summed E-state index contributed by atoms with van der Waals surface area (Å²) in [5.74, 6) is 0.255. The van der Waals surface area contributed by atoms with Gasteiger partial charge in [0.15, 0.2) is 0 Å². The third-order valence-electron chi connectivity index (χ3n) is 4.06. The van der Waals surface area contributed by atoms with Gasteiger partial charge in [0, 0.05) is 5.54 Å². The minimum absolute atomic E-state index is 0.178. The van der Waals surface area contributed by atoms with Crippen molar-refractivity contribution in [3.63, 3.8) is 0 Å². The van der Waals surface area contributed by atoms with Crippen molar-refractivity contribution in [3.05, 3.63) is 35.1 Å². The minimum Gasteiger partial charge on any atom is -0.321 e. The first-order chi connectivity index (χ1) is 7.54. The van der Waals surface area contributed by atoms with Gasteiger partial charge in [-0.2, -0.15) is 0 Å². The minimum atomic E-state index is -0.329. The van der Waals surface area contributed by atoms with Gasteiger partial charge in [-0.15, -0.1) is 0 Å². The Hall–Kier alpha value is -0.890. The van der Waals surface area contributed by atoms with Gasteiger partial charge in [0.2, 0.25) is 0 Å². The van der Waals surface area contributed by atoms with Crippen LogP contribution in [0.25, 0.3) is 0 Å². The van der Waals surface area contributed by atoms with E-state index >= 15 is 0 Å². The zero-order valence-corrected chi connectivity index (χ0v) is 10.1. The molecule has 0 bridgehead atoms. The zero-order chi connectivity index (χ0) is 11.8. The number of nitrogens with two attached hydrogens (primary N) is 1. The fourth-order valence-electron chi connectivity index (χ4n) is 2.87. The van der Waals surface area contributed by atoms with Crippen molar-refractivity contribution in [2.75, 3.05) is 0 Å². The quantitative estimate of drug-likeness (QED) is 0.771. The van der Waals surface area contributed by atoms with Gasteiger partial charge < -0.3 is 5.73 Å². The summed E-state index contributed by atoms with van der Waals surface area (Å²) < 4.78 is 13.3. The molecule has 2 heteroatoms. The molecule has 1 aliphatic carbocycles. The predicted octanol–water partition coefficient (Wildman–Crippen LogP) is 3.50. The van der Waals surface area contributed by atoms with E-state index in [9.17, 15) is 4.39 Å². The molecule has 1 aromatic rings. The van der Waals surface area contributed by atoms with Gasteiger partial charge in [0.1, 0.15) is 5.82 Å². The lowest BCUT2D eigenvalue weighted by Gasteiger charge is -2.41. The predicted molar refractivity (Wildman–Crippen MR) is 64.6 cm³/mol. The average Bonchev–Trinajstić information content (AvgIpc) is 2.26. The molecule has 2 unspecified atom stereocenters. The topological polar surface area (TPSA) is 26.0 Å². The van der Waals surface area contributed by atoms with E-state index < -0.39 is 0 Å². The van der Waals surface area contributed by atoms with Crippen LogP contribution in [0.1, 0.15) is 43.7 Å². The second kappa shape index (κ2) is 4.17. The van der Waals surface area contributed by atoms with E-state index in [-0.39, 0.29) is 11.4 Å². The summed E-state index contributed by atoms with van der Waals surface area (Å²) in [6, 6.07) is 4.97. The van der Waals surface area contributed by atoms with Gasteiger partial charge in [-0.25, -0.2) is 4.39 Å². The molecule has 1 fully saturated rings. The SMILES string of the molecule is Cc1ccc(F)cc1C1(N)CCCCC1C. The maximum absolute atomic E-state index is 13.3. The molecule has 1 aliphatic rings. The first-order valence-corrected chi connectivity index (χ1v) is 6.09. The molecule has 0 spiro atoms. The van der Waals surface area contributed by atoms with Crippen molar-refractivity contribution < 1.29 is 4.39 Å². The number of halogens is 1. The molecule has 16 heavy (non-hydrogen) atoms. The third-order valence-corrected chi connectivity index (χ3v) is 4.06. The first kappa shape index (κ1) is 11.6. The van der Waals surface area contributed by atoms with Crippen LogP contribution in [-0.4, -0.2) is 0 Å². The number of hydrogen-bond acceptors (Lipinski definition) is 1. The van der Waals surface area contributed by atoms with Crippen LogP contribution in [-0.2, 0) is 5.54 Å². The van der Waals surface area contributed by atoms with E-state index in [4.69, 9.17) is 5.73 Å². The molecule has 2 atom stereocenters. The number of aryl methyl sites for hydroxylation is 1. The highest BCUT2D eigenvalue weighted by atomic mass is 19.1. The van der Waals surface area contributed by atoms with Gasteiger partial charge in [0.05, 0.1) is 0 Å². The standard InChI is InChI=1S/C14H20FN/c1-10-6-7-12(15)9-13(10)14(16)8-4-3-5-11(14)2/h6-7,9,11H,3-5,8,16H2,1-2H3. The van der Waals surface area contributed by atoms with Gasteiger partial charge in [0.25, 0.3) is 0 Å². The van der Waals surface area contributed by atoms with Crippen molar-refractivity contribution in [1.82, 2.24) is 0 Å². The molecule has 0 heterocycles. The smallest absolute Gasteiger partial charge is 0.123 e. The second-order valence-corrected chi connectivity index (χ2v) is 5.15. The molecule has 1 aromatic carbocycles. The van der Waals surface area contributed by atoms with Gasteiger partial charge in [-0.05, 0) is 48.9 Å². The fraction of sp³-hybridized carbons (Fsp3) is 0.571. The molecule has 1 saturated carbocycles. The van der Waals surface area contributed by atoms with Gasteiger partial charge >= 0.3 is 0 Å². The van der Waals surface area contributed by atoms with Crippen molar-refractivity contribution >= 4 is 0 Å². The highest BCUT2D eigenvalue weighted by Crippen LogP contribution is 2.40. The number of hydrogen-bond donors (Lipinski definition) is 1. The Bertz CT molecular complexity index is 388. The maximum atomic E-state index is 13.3. The summed E-state index contributed by atoms with van der Waals surface area (Å²) in [5.41, 5.74) is 8.31. The molecule has 0 aromatic heterocycles. The molecule has 2 N–H and O–H groups in total. The van der Waals surface area contributed by atoms with Crippen molar-refractivity contribution in [2.24, 2.45) is 11.7 Å². The molecule has 1 nitrogen and oxygen atoms in total. The molecule has 0 saturated heterocycles. The van der Waals surface area contributed by atoms with E-state index in [1.165, 1.54) is 12.5 Å². The van der Waals surface area contributed by atoms with Gasteiger partial charge in [-0.3, -0.25) is 0 Å². The maximum Gasteiger partial charge on any atom is 0.123 e. The van der Waals surface area contributed by atoms with Crippen LogP contribution >= 0.6 is 0 Å². The molecule has 0 aliphatic heterocycles. The van der Waals surface area contributed by atoms with E-state index in [1.807, 2.05) is 13.0 Å². The Morgan fingerprint density at radius 1 is 1.38 bits per heavy atom. The summed E-state index contributed by atoms with van der Waals surface area (Å²) in [7, 11) is 0. The summed E-state index contributed by atoms with van der Waals surface area (Å²) in [5, 5.41) is 0. The Kier molecular flexibility index (Phi) is 3.02. The monoisotopic (exact) mass is 221 g/mol. The second-order valence-electron chi connectivity index (χ2n) is 5.15. The molecular weight excluding hydrogens is 201 g/mol. The summed E-state index contributed by atoms with van der Waals surface area (Å²) in [6.45, 7) is 4.20. The zero-order valence-electron chi connectivity index (χ0n) is 10.1. The van der Waals surface area contributed by atoms with Crippen LogP contribution in [0.4, 0.5) is 4.39 Å². The van der Waals surface area contributed by atoms with E-state index in [1.54, 1.807) is 6.07 Å². The lowest BCUT2D eigenvalue weighted by molar-refractivity contribution is 0.205. The van der Waals surface area contributed by atoms with Crippen LogP contribution < -0.4 is 5.73 Å². The summed E-state index contributed by atoms with van der Waals surface area (Å²) >= 11 is 0. The van der Waals surface area contributed by atoms with Crippen molar-refractivity contribution in [3.8, 4) is 0 Å². The lowest BCUT2D eigenvalue weighted by atomic mass is 9.69. The summed E-state index contributed by atoms with van der Waals surface area (Å²) in [6.07, 6.45) is 4.51. The van der Waals surface area contributed by atoms with E-state index in [0.717, 1.165) is 30.4 Å². The Morgan fingerprint density at radius 3 is 2.81 bits per heavy atom. The Labute approximate surface area is 96.9 Å². The highest BCUT2D eigenvalue weighted by molar-refractivity contribution is 5.34.